The number of ether oxygens (including phenoxy) is 3. The third-order valence-corrected chi connectivity index (χ3v) is 16.7. The lowest BCUT2D eigenvalue weighted by Crippen LogP contribution is -2.30. The van der Waals surface area contributed by atoms with E-state index in [0.29, 0.717) is 19.3 Å². The summed E-state index contributed by atoms with van der Waals surface area (Å²) in [4.78, 5) is 38.4. The van der Waals surface area contributed by atoms with Gasteiger partial charge in [0.1, 0.15) is 13.2 Å². The molecule has 0 radical (unpaired) electrons. The van der Waals surface area contributed by atoms with Crippen molar-refractivity contribution < 1.29 is 28.6 Å². The molecule has 1 unspecified atom stereocenters. The average Bonchev–Trinajstić information content (AvgIpc) is 3.46. The molecule has 0 aromatic carbocycles. The Balaban J connectivity index is 4.11. The quantitative estimate of drug-likeness (QED) is 0.0261. The molecule has 0 fully saturated rings. The van der Waals surface area contributed by atoms with Gasteiger partial charge >= 0.3 is 17.9 Å². The van der Waals surface area contributed by atoms with Crippen molar-refractivity contribution in [3.8, 4) is 0 Å². The summed E-state index contributed by atoms with van der Waals surface area (Å²) in [5.74, 6) is -0.852. The van der Waals surface area contributed by atoms with Gasteiger partial charge in [-0.25, -0.2) is 0 Å². The van der Waals surface area contributed by atoms with Crippen LogP contribution in [0.3, 0.4) is 0 Å². The first-order valence-electron chi connectivity index (χ1n) is 36.3. The lowest BCUT2D eigenvalue weighted by Gasteiger charge is -2.18. The number of carbonyl (C=O) groups is 3. The Morgan fingerprint density at radius 2 is 0.412 bits per heavy atom. The summed E-state index contributed by atoms with van der Waals surface area (Å²) in [7, 11) is 0. The van der Waals surface area contributed by atoms with Crippen LogP contribution in [0.15, 0.2) is 24.3 Å². The number of esters is 3. The maximum atomic E-state index is 12.9. The molecular formula is C74H140O6. The molecule has 472 valence electrons. The molecule has 0 bridgehead atoms. The number of rotatable bonds is 68. The highest BCUT2D eigenvalue weighted by molar-refractivity contribution is 5.71. The van der Waals surface area contributed by atoms with Gasteiger partial charge in [-0.2, -0.15) is 0 Å². The second-order valence-electron chi connectivity index (χ2n) is 24.9. The van der Waals surface area contributed by atoms with E-state index in [4.69, 9.17) is 14.2 Å². The Hall–Kier alpha value is -2.11. The van der Waals surface area contributed by atoms with Gasteiger partial charge in [0.15, 0.2) is 6.10 Å². The number of unbranched alkanes of at least 4 members (excludes halogenated alkanes) is 53. The lowest BCUT2D eigenvalue weighted by atomic mass is 10.0. The first-order chi connectivity index (χ1) is 39.5. The van der Waals surface area contributed by atoms with Crippen LogP contribution in [0.5, 0.6) is 0 Å². The van der Waals surface area contributed by atoms with Crippen molar-refractivity contribution in [1.29, 1.82) is 0 Å². The zero-order chi connectivity index (χ0) is 57.8. The first kappa shape index (κ1) is 77.9. The van der Waals surface area contributed by atoms with Crippen LogP contribution in [0.1, 0.15) is 412 Å². The van der Waals surface area contributed by atoms with Crippen molar-refractivity contribution in [2.75, 3.05) is 13.2 Å². The SMILES string of the molecule is CCCCC/C=C\CCCCCCCC(=O)OCC(COC(=O)CCCCCCCCCCCCCCCCCCCCCCCCCCCCCCCCC)OC(=O)CCCCCCCCCCC/C=C\CCCCCCCC. The van der Waals surface area contributed by atoms with Gasteiger partial charge in [-0.15, -0.1) is 0 Å². The minimum Gasteiger partial charge on any atom is -0.462 e. The van der Waals surface area contributed by atoms with Crippen LogP contribution >= 0.6 is 0 Å². The highest BCUT2D eigenvalue weighted by atomic mass is 16.6. The second kappa shape index (κ2) is 69.4. The Labute approximate surface area is 500 Å². The summed E-state index contributed by atoms with van der Waals surface area (Å²) in [5, 5.41) is 0. The van der Waals surface area contributed by atoms with Crippen LogP contribution in [-0.2, 0) is 28.6 Å². The molecule has 1 atom stereocenters. The Morgan fingerprint density at radius 3 is 0.650 bits per heavy atom. The second-order valence-corrected chi connectivity index (χ2v) is 24.9. The molecule has 0 amide bonds. The van der Waals surface area contributed by atoms with E-state index in [2.05, 4.69) is 45.1 Å². The van der Waals surface area contributed by atoms with Crippen LogP contribution < -0.4 is 0 Å². The minimum atomic E-state index is -0.774. The Kier molecular flexibility index (Phi) is 67.6. The van der Waals surface area contributed by atoms with Gasteiger partial charge < -0.3 is 14.2 Å². The van der Waals surface area contributed by atoms with E-state index in [1.807, 2.05) is 0 Å². The number of hydrogen-bond acceptors (Lipinski definition) is 6. The van der Waals surface area contributed by atoms with E-state index >= 15 is 0 Å². The number of hydrogen-bond donors (Lipinski definition) is 0. The molecule has 0 aliphatic rings. The van der Waals surface area contributed by atoms with Crippen molar-refractivity contribution in [2.24, 2.45) is 0 Å². The van der Waals surface area contributed by atoms with Crippen molar-refractivity contribution >= 4 is 17.9 Å². The van der Waals surface area contributed by atoms with E-state index in [1.165, 1.54) is 308 Å². The normalized spacial score (nSPS) is 12.1. The van der Waals surface area contributed by atoms with Crippen LogP contribution in [0.2, 0.25) is 0 Å². The van der Waals surface area contributed by atoms with Crippen molar-refractivity contribution in [3.63, 3.8) is 0 Å². The average molecular weight is 1130 g/mol. The monoisotopic (exact) mass is 1130 g/mol. The van der Waals surface area contributed by atoms with Crippen LogP contribution in [-0.4, -0.2) is 37.2 Å². The van der Waals surface area contributed by atoms with E-state index in [-0.39, 0.29) is 31.1 Å². The summed E-state index contributed by atoms with van der Waals surface area (Å²) < 4.78 is 17.0. The van der Waals surface area contributed by atoms with E-state index < -0.39 is 6.10 Å². The fraction of sp³-hybridized carbons (Fsp3) is 0.905. The molecule has 0 aromatic rings. The largest absolute Gasteiger partial charge is 0.462 e. The Morgan fingerprint density at radius 1 is 0.237 bits per heavy atom. The summed E-state index contributed by atoms with van der Waals surface area (Å²) >= 11 is 0. The van der Waals surface area contributed by atoms with Crippen molar-refractivity contribution in [3.05, 3.63) is 24.3 Å². The van der Waals surface area contributed by atoms with Crippen LogP contribution in [0.4, 0.5) is 0 Å². The lowest BCUT2D eigenvalue weighted by molar-refractivity contribution is -0.167. The predicted molar refractivity (Wildman–Crippen MR) is 349 cm³/mol. The third kappa shape index (κ3) is 66.7. The zero-order valence-electron chi connectivity index (χ0n) is 54.4. The third-order valence-electron chi connectivity index (χ3n) is 16.7. The van der Waals surface area contributed by atoms with E-state index in [9.17, 15) is 14.4 Å². The molecule has 0 heterocycles. The maximum absolute atomic E-state index is 12.9. The van der Waals surface area contributed by atoms with Gasteiger partial charge in [-0.1, -0.05) is 347 Å². The fourth-order valence-electron chi connectivity index (χ4n) is 11.2. The molecular weight excluding hydrogens is 985 g/mol. The molecule has 0 spiro atoms. The highest BCUT2D eigenvalue weighted by Gasteiger charge is 2.19. The molecule has 0 N–H and O–H groups in total. The topological polar surface area (TPSA) is 78.9 Å². The summed E-state index contributed by atoms with van der Waals surface area (Å²) in [6.45, 7) is 6.68. The molecule has 0 aliphatic heterocycles. The summed E-state index contributed by atoms with van der Waals surface area (Å²) in [6.07, 6.45) is 85.2. The van der Waals surface area contributed by atoms with Crippen molar-refractivity contribution in [2.45, 2.75) is 419 Å². The fourth-order valence-corrected chi connectivity index (χ4v) is 11.2. The maximum Gasteiger partial charge on any atom is 0.306 e. The van der Waals surface area contributed by atoms with Gasteiger partial charge in [0.25, 0.3) is 0 Å². The molecule has 0 rings (SSSR count). The van der Waals surface area contributed by atoms with Crippen molar-refractivity contribution in [1.82, 2.24) is 0 Å². The molecule has 0 saturated heterocycles. The molecule has 80 heavy (non-hydrogen) atoms. The van der Waals surface area contributed by atoms with Gasteiger partial charge in [-0.05, 0) is 70.6 Å². The Bertz CT molecular complexity index is 1290. The zero-order valence-corrected chi connectivity index (χ0v) is 54.4. The van der Waals surface area contributed by atoms with Crippen LogP contribution in [0, 0.1) is 0 Å². The smallest absolute Gasteiger partial charge is 0.306 e. The van der Waals surface area contributed by atoms with Crippen LogP contribution in [0.25, 0.3) is 0 Å². The highest BCUT2D eigenvalue weighted by Crippen LogP contribution is 2.19. The predicted octanol–water partition coefficient (Wildman–Crippen LogP) is 25.0. The molecule has 0 aliphatic carbocycles. The molecule has 0 saturated carbocycles. The van der Waals surface area contributed by atoms with Gasteiger partial charge in [0.2, 0.25) is 0 Å². The summed E-state index contributed by atoms with van der Waals surface area (Å²) in [6, 6.07) is 0. The van der Waals surface area contributed by atoms with E-state index in [1.54, 1.807) is 0 Å². The molecule has 0 aromatic heterocycles. The van der Waals surface area contributed by atoms with Gasteiger partial charge in [-0.3, -0.25) is 14.4 Å². The van der Waals surface area contributed by atoms with E-state index in [0.717, 1.165) is 64.2 Å². The van der Waals surface area contributed by atoms with Gasteiger partial charge in [0, 0.05) is 19.3 Å². The first-order valence-corrected chi connectivity index (χ1v) is 36.3. The molecule has 6 nitrogen and oxygen atoms in total. The molecule has 6 heteroatoms. The van der Waals surface area contributed by atoms with Gasteiger partial charge in [0.05, 0.1) is 0 Å². The minimum absolute atomic E-state index is 0.0694. The standard InChI is InChI=1S/C74H140O6/c1-4-7-10-13-16-19-22-25-27-29-31-32-33-34-35-36-37-38-39-40-41-42-44-45-47-49-52-55-58-61-64-67-73(76)79-70-71(69-78-72(75)66-63-60-57-54-51-24-21-18-15-12-9-6-3)80-74(77)68-65-62-59-56-53-50-48-46-43-30-28-26-23-20-17-14-11-8-5-2/h18,21,26,28,71H,4-17,19-20,22-25,27,29-70H2,1-3H3/b21-18-,28-26-. The number of carbonyl (C=O) groups excluding carboxylic acids is 3. The summed E-state index contributed by atoms with van der Waals surface area (Å²) in [5.41, 5.74) is 0. The number of allylic oxidation sites excluding steroid dienone is 4.